The first-order chi connectivity index (χ1) is 8.67. The van der Waals surface area contributed by atoms with Crippen LogP contribution in [0, 0.1) is 0 Å². The van der Waals surface area contributed by atoms with Crippen LogP contribution in [0.3, 0.4) is 0 Å². The third kappa shape index (κ3) is 5.04. The maximum Gasteiger partial charge on any atom is 0.219 e. The summed E-state index contributed by atoms with van der Waals surface area (Å²) in [7, 11) is 0. The third-order valence-corrected chi connectivity index (χ3v) is 3.01. The quantitative estimate of drug-likeness (QED) is 0.757. The molecule has 0 unspecified atom stereocenters. The lowest BCUT2D eigenvalue weighted by atomic mass is 10.4. The van der Waals surface area contributed by atoms with E-state index in [-0.39, 0.29) is 24.5 Å². The first-order valence-corrected chi connectivity index (χ1v) is 6.31. The van der Waals surface area contributed by atoms with E-state index < -0.39 is 0 Å². The molecule has 17 heavy (non-hydrogen) atoms. The molecule has 0 radical (unpaired) electrons. The van der Waals surface area contributed by atoms with Gasteiger partial charge in [-0.3, -0.25) is 9.59 Å². The first kappa shape index (κ1) is 12.2. The number of carbonyl (C=O) groups excluding carboxylic acids is 2. The SMILES string of the molecule is [3H]CC(=O)N(CCC)CC(=O)Sc1ccccc1. The Bertz CT molecular complexity index is 397. The third-order valence-electron chi connectivity index (χ3n) is 2.14. The van der Waals surface area contributed by atoms with Crippen molar-refractivity contribution in [3.8, 4) is 0 Å². The molecule has 0 saturated carbocycles. The predicted octanol–water partition coefficient (Wildman–Crippen LogP) is 2.56. The lowest BCUT2D eigenvalue weighted by Crippen LogP contribution is -2.33. The Morgan fingerprint density at radius 2 is 2.06 bits per heavy atom. The van der Waals surface area contributed by atoms with Gasteiger partial charge in [0.15, 0.2) is 0 Å². The van der Waals surface area contributed by atoms with E-state index in [4.69, 9.17) is 1.37 Å². The molecule has 1 aromatic rings. The number of hydrogen-bond donors (Lipinski definition) is 0. The van der Waals surface area contributed by atoms with Crippen LogP contribution in [0.25, 0.3) is 0 Å². The zero-order valence-electron chi connectivity index (χ0n) is 10.9. The summed E-state index contributed by atoms with van der Waals surface area (Å²) in [6.07, 6.45) is 0.787. The summed E-state index contributed by atoms with van der Waals surface area (Å²) < 4.78 is 7.07. The number of nitrogens with zero attached hydrogens (tertiary/aromatic N) is 1. The van der Waals surface area contributed by atoms with Gasteiger partial charge in [0.25, 0.3) is 0 Å². The monoisotopic (exact) mass is 253 g/mol. The van der Waals surface area contributed by atoms with Gasteiger partial charge >= 0.3 is 0 Å². The van der Waals surface area contributed by atoms with E-state index in [0.29, 0.717) is 6.54 Å². The van der Waals surface area contributed by atoms with Gasteiger partial charge in [0.2, 0.25) is 11.0 Å². The van der Waals surface area contributed by atoms with Crippen molar-refractivity contribution in [2.45, 2.75) is 25.1 Å². The second-order valence-electron chi connectivity index (χ2n) is 3.60. The van der Waals surface area contributed by atoms with Crippen molar-refractivity contribution in [3.63, 3.8) is 0 Å². The van der Waals surface area contributed by atoms with Crippen LogP contribution in [0.15, 0.2) is 35.2 Å². The lowest BCUT2D eigenvalue weighted by molar-refractivity contribution is -0.131. The Kier molecular flexibility index (Phi) is 5.10. The van der Waals surface area contributed by atoms with Crippen molar-refractivity contribution in [2.75, 3.05) is 13.1 Å². The van der Waals surface area contributed by atoms with Crippen LogP contribution < -0.4 is 0 Å². The average Bonchev–Trinajstić information content (AvgIpc) is 2.38. The van der Waals surface area contributed by atoms with Gasteiger partial charge < -0.3 is 4.90 Å². The molecular weight excluding hydrogens is 234 g/mol. The van der Waals surface area contributed by atoms with E-state index in [1.807, 2.05) is 37.3 Å². The summed E-state index contributed by atoms with van der Waals surface area (Å²) in [6.45, 7) is 2.24. The summed E-state index contributed by atoms with van der Waals surface area (Å²) in [6, 6.07) is 9.35. The molecule has 0 aliphatic carbocycles. The van der Waals surface area contributed by atoms with Crippen molar-refractivity contribution < 1.29 is 11.0 Å². The topological polar surface area (TPSA) is 37.4 Å². The van der Waals surface area contributed by atoms with E-state index in [1.165, 1.54) is 4.90 Å². The highest BCUT2D eigenvalue weighted by atomic mass is 32.2. The minimum absolute atomic E-state index is 0.0727. The van der Waals surface area contributed by atoms with Crippen LogP contribution in [0.4, 0.5) is 0 Å². The largest absolute Gasteiger partial charge is 0.335 e. The number of rotatable bonds is 5. The molecule has 0 spiro atoms. The van der Waals surface area contributed by atoms with Crippen LogP contribution in [0.5, 0.6) is 0 Å². The smallest absolute Gasteiger partial charge is 0.219 e. The highest BCUT2D eigenvalue weighted by Gasteiger charge is 2.13. The summed E-state index contributed by atoms with van der Waals surface area (Å²) in [5, 5.41) is -0.0727. The molecular formula is C13H17NO2S. The van der Waals surface area contributed by atoms with Crippen LogP contribution in [-0.2, 0) is 9.59 Å². The molecule has 0 saturated heterocycles. The van der Waals surface area contributed by atoms with Crippen LogP contribution in [-0.4, -0.2) is 29.0 Å². The molecule has 0 atom stereocenters. The highest BCUT2D eigenvalue weighted by Crippen LogP contribution is 2.18. The maximum atomic E-state index is 11.8. The van der Waals surface area contributed by atoms with Crippen molar-refractivity contribution in [1.82, 2.24) is 4.90 Å². The summed E-state index contributed by atoms with van der Waals surface area (Å²) in [4.78, 5) is 25.6. The minimum atomic E-state index is -0.302. The standard InChI is InChI=1S/C13H17NO2S/c1-3-9-14(11(2)15)10-13(16)17-12-7-5-4-6-8-12/h4-8H,3,9-10H2,1-2H3/i2T. The van der Waals surface area contributed by atoms with E-state index in [0.717, 1.165) is 23.1 Å². The molecule has 0 N–H and O–H groups in total. The van der Waals surface area contributed by atoms with E-state index in [1.54, 1.807) is 0 Å². The number of thioether (sulfide) groups is 1. The van der Waals surface area contributed by atoms with Gasteiger partial charge in [-0.2, -0.15) is 0 Å². The van der Waals surface area contributed by atoms with Gasteiger partial charge in [-0.25, -0.2) is 0 Å². The fourth-order valence-electron chi connectivity index (χ4n) is 1.37. The molecule has 0 heterocycles. The van der Waals surface area contributed by atoms with Crippen molar-refractivity contribution in [2.24, 2.45) is 0 Å². The molecule has 0 bridgehead atoms. The zero-order chi connectivity index (χ0) is 13.4. The maximum absolute atomic E-state index is 11.8. The minimum Gasteiger partial charge on any atom is -0.335 e. The fraction of sp³-hybridized carbons (Fsp3) is 0.385. The number of carbonyl (C=O) groups is 2. The first-order valence-electron chi connectivity index (χ1n) is 6.20. The molecule has 1 aromatic carbocycles. The van der Waals surface area contributed by atoms with Gasteiger partial charge in [0.1, 0.15) is 0 Å². The van der Waals surface area contributed by atoms with Crippen molar-refractivity contribution in [1.29, 1.82) is 0 Å². The normalized spacial score (nSPS) is 10.8. The van der Waals surface area contributed by atoms with Crippen molar-refractivity contribution >= 4 is 22.8 Å². The van der Waals surface area contributed by atoms with Gasteiger partial charge in [0.05, 0.1) is 6.54 Å². The molecule has 0 fully saturated rings. The van der Waals surface area contributed by atoms with Gasteiger partial charge in [-0.15, -0.1) is 0 Å². The molecule has 3 nitrogen and oxygen atoms in total. The molecule has 92 valence electrons. The van der Waals surface area contributed by atoms with Gasteiger partial charge in [0, 0.05) is 19.7 Å². The molecule has 1 rings (SSSR count). The average molecular weight is 253 g/mol. The fourth-order valence-corrected chi connectivity index (χ4v) is 2.15. The van der Waals surface area contributed by atoms with Gasteiger partial charge in [-0.1, -0.05) is 36.9 Å². The summed E-state index contributed by atoms with van der Waals surface area (Å²) in [5.41, 5.74) is 0. The Balaban J connectivity index is 2.53. The van der Waals surface area contributed by atoms with E-state index in [2.05, 4.69) is 0 Å². The molecule has 0 aliphatic heterocycles. The van der Waals surface area contributed by atoms with Crippen molar-refractivity contribution in [3.05, 3.63) is 30.3 Å². The second kappa shape index (κ2) is 7.12. The van der Waals surface area contributed by atoms with E-state index >= 15 is 0 Å². The Morgan fingerprint density at radius 3 is 2.65 bits per heavy atom. The summed E-state index contributed by atoms with van der Waals surface area (Å²) >= 11 is 1.13. The molecule has 0 aliphatic rings. The van der Waals surface area contributed by atoms with Crippen LogP contribution in [0.2, 0.25) is 0 Å². The number of amides is 1. The molecule has 0 aromatic heterocycles. The van der Waals surface area contributed by atoms with Crippen LogP contribution in [0.1, 0.15) is 21.6 Å². The Hall–Kier alpha value is -1.29. The second-order valence-corrected chi connectivity index (χ2v) is 4.73. The molecule has 1 amide bonds. The zero-order valence-corrected chi connectivity index (χ0v) is 10.7. The van der Waals surface area contributed by atoms with Gasteiger partial charge in [-0.05, 0) is 18.6 Å². The predicted molar refractivity (Wildman–Crippen MR) is 69.9 cm³/mol. The van der Waals surface area contributed by atoms with Crippen LogP contribution >= 0.6 is 11.8 Å². The lowest BCUT2D eigenvalue weighted by Gasteiger charge is -2.18. The van der Waals surface area contributed by atoms with E-state index in [9.17, 15) is 9.59 Å². The number of benzene rings is 1. The summed E-state index contributed by atoms with van der Waals surface area (Å²) in [5.74, 6) is -0.293. The number of hydrogen-bond acceptors (Lipinski definition) is 3. The highest BCUT2D eigenvalue weighted by molar-refractivity contribution is 8.13. The Morgan fingerprint density at radius 1 is 1.35 bits per heavy atom. The molecule has 4 heteroatoms. The Labute approximate surface area is 108 Å².